The lowest BCUT2D eigenvalue weighted by Crippen LogP contribution is -2.03. The summed E-state index contributed by atoms with van der Waals surface area (Å²) < 4.78 is 14.3. The Morgan fingerprint density at radius 2 is 1.64 bits per heavy atom. The molecule has 5 heteroatoms. The fraction of sp³-hybridized carbons (Fsp3) is 0. The molecule has 0 atom stereocenters. The van der Waals surface area contributed by atoms with Crippen LogP contribution in [0.5, 0.6) is 0 Å². The van der Waals surface area contributed by atoms with E-state index in [9.17, 15) is 14.3 Å². The molecule has 0 bridgehead atoms. The number of benzene rings is 3. The van der Waals surface area contributed by atoms with Gasteiger partial charge in [-0.1, -0.05) is 24.3 Å². The second-order valence-corrected chi connectivity index (χ2v) is 7.24. The number of carboxylic acids is 1. The summed E-state index contributed by atoms with van der Waals surface area (Å²) in [7, 11) is 0. The summed E-state index contributed by atoms with van der Waals surface area (Å²) in [5.74, 6) is -1.37. The van der Waals surface area contributed by atoms with Gasteiger partial charge in [0.2, 0.25) is 0 Å². The first kappa shape index (κ1) is 17.9. The maximum absolute atomic E-state index is 13.1. The van der Waals surface area contributed by atoms with Gasteiger partial charge >= 0.3 is 5.97 Å². The molecule has 0 fully saturated rings. The maximum atomic E-state index is 13.1. The summed E-state index contributed by atoms with van der Waals surface area (Å²) in [5, 5.41) is 15.8. The first-order chi connectivity index (χ1) is 13.6. The Labute approximate surface area is 165 Å². The fourth-order valence-corrected chi connectivity index (χ4v) is 3.70. The molecule has 0 unspecified atom stereocenters. The van der Waals surface area contributed by atoms with E-state index in [4.69, 9.17) is 0 Å². The number of rotatable bonds is 5. The SMILES string of the molecule is O=C(O)c1ccc(C=Cc2ccc3sccc3c2)cc1Nc1ccc(F)cc1. The molecule has 3 aromatic carbocycles. The molecule has 0 saturated heterocycles. The summed E-state index contributed by atoms with van der Waals surface area (Å²) in [6.45, 7) is 0. The van der Waals surface area contributed by atoms with Crippen molar-refractivity contribution in [2.24, 2.45) is 0 Å². The second kappa shape index (κ2) is 7.66. The number of halogens is 1. The fourth-order valence-electron chi connectivity index (χ4n) is 2.93. The number of aromatic carboxylic acids is 1. The lowest BCUT2D eigenvalue weighted by atomic mass is 10.1. The first-order valence-electron chi connectivity index (χ1n) is 8.64. The van der Waals surface area contributed by atoms with Gasteiger partial charge in [0.05, 0.1) is 11.3 Å². The van der Waals surface area contributed by atoms with E-state index in [1.807, 2.05) is 12.2 Å². The van der Waals surface area contributed by atoms with Crippen LogP contribution in [0.3, 0.4) is 0 Å². The Morgan fingerprint density at radius 1 is 0.929 bits per heavy atom. The highest BCUT2D eigenvalue weighted by atomic mass is 32.1. The molecule has 0 aliphatic carbocycles. The van der Waals surface area contributed by atoms with Crippen LogP contribution in [0.2, 0.25) is 0 Å². The van der Waals surface area contributed by atoms with Gasteiger partial charge in [-0.2, -0.15) is 0 Å². The highest BCUT2D eigenvalue weighted by Gasteiger charge is 2.10. The molecule has 0 aliphatic rings. The molecule has 4 rings (SSSR count). The van der Waals surface area contributed by atoms with Crippen molar-refractivity contribution >= 4 is 50.9 Å². The minimum absolute atomic E-state index is 0.154. The number of nitrogens with one attached hydrogen (secondary N) is 1. The average Bonchev–Trinajstić information content (AvgIpc) is 3.16. The minimum atomic E-state index is -1.02. The molecule has 0 spiro atoms. The summed E-state index contributed by atoms with van der Waals surface area (Å²) in [6.07, 6.45) is 3.93. The Balaban J connectivity index is 1.63. The zero-order valence-electron chi connectivity index (χ0n) is 14.7. The van der Waals surface area contributed by atoms with E-state index in [2.05, 4.69) is 35.0 Å². The Morgan fingerprint density at radius 3 is 2.39 bits per heavy atom. The summed E-state index contributed by atoms with van der Waals surface area (Å²) in [5.41, 5.74) is 3.16. The highest BCUT2D eigenvalue weighted by molar-refractivity contribution is 7.17. The van der Waals surface area contributed by atoms with Crippen molar-refractivity contribution in [2.75, 3.05) is 5.32 Å². The zero-order valence-corrected chi connectivity index (χ0v) is 15.5. The van der Waals surface area contributed by atoms with Gasteiger partial charge in [0, 0.05) is 10.4 Å². The molecule has 28 heavy (non-hydrogen) atoms. The maximum Gasteiger partial charge on any atom is 0.337 e. The molecule has 1 heterocycles. The molecule has 0 aliphatic heterocycles. The number of hydrogen-bond acceptors (Lipinski definition) is 3. The van der Waals surface area contributed by atoms with Crippen LogP contribution < -0.4 is 5.32 Å². The van der Waals surface area contributed by atoms with Crippen LogP contribution in [0.25, 0.3) is 22.2 Å². The van der Waals surface area contributed by atoms with E-state index in [-0.39, 0.29) is 11.4 Å². The van der Waals surface area contributed by atoms with Gasteiger partial charge in [-0.3, -0.25) is 0 Å². The summed E-state index contributed by atoms with van der Waals surface area (Å²) in [4.78, 5) is 11.5. The Bertz CT molecular complexity index is 1180. The molecule has 0 radical (unpaired) electrons. The van der Waals surface area contributed by atoms with E-state index in [0.717, 1.165) is 11.1 Å². The van der Waals surface area contributed by atoms with Crippen molar-refractivity contribution in [3.05, 3.63) is 94.6 Å². The van der Waals surface area contributed by atoms with Gasteiger partial charge in [0.15, 0.2) is 0 Å². The smallest absolute Gasteiger partial charge is 0.337 e. The summed E-state index contributed by atoms with van der Waals surface area (Å²) in [6, 6.07) is 19.2. The predicted molar refractivity (Wildman–Crippen MR) is 114 cm³/mol. The molecule has 0 amide bonds. The van der Waals surface area contributed by atoms with E-state index in [1.165, 1.54) is 22.2 Å². The third-order valence-corrected chi connectivity index (χ3v) is 5.24. The highest BCUT2D eigenvalue weighted by Crippen LogP contribution is 2.25. The monoisotopic (exact) mass is 389 g/mol. The van der Waals surface area contributed by atoms with E-state index in [1.54, 1.807) is 41.7 Å². The molecular formula is C23H16FNO2S. The lowest BCUT2D eigenvalue weighted by Gasteiger charge is -2.11. The van der Waals surface area contributed by atoms with Crippen molar-refractivity contribution in [2.45, 2.75) is 0 Å². The second-order valence-electron chi connectivity index (χ2n) is 6.29. The molecule has 1 aromatic heterocycles. The summed E-state index contributed by atoms with van der Waals surface area (Å²) >= 11 is 1.71. The van der Waals surface area contributed by atoms with Gasteiger partial charge in [0.25, 0.3) is 0 Å². The van der Waals surface area contributed by atoms with Gasteiger partial charge < -0.3 is 10.4 Å². The normalized spacial score (nSPS) is 11.2. The van der Waals surface area contributed by atoms with Crippen LogP contribution in [0, 0.1) is 5.82 Å². The quantitative estimate of drug-likeness (QED) is 0.376. The predicted octanol–water partition coefficient (Wildman–Crippen LogP) is 6.65. The first-order valence-corrected chi connectivity index (χ1v) is 9.52. The third kappa shape index (κ3) is 3.94. The van der Waals surface area contributed by atoms with Gasteiger partial charge in [0.1, 0.15) is 5.82 Å². The zero-order chi connectivity index (χ0) is 19.5. The van der Waals surface area contributed by atoms with Crippen LogP contribution in [-0.4, -0.2) is 11.1 Å². The van der Waals surface area contributed by atoms with Crippen LogP contribution in [-0.2, 0) is 0 Å². The van der Waals surface area contributed by atoms with Crippen LogP contribution in [0.4, 0.5) is 15.8 Å². The number of hydrogen-bond donors (Lipinski definition) is 2. The molecule has 3 nitrogen and oxygen atoms in total. The van der Waals surface area contributed by atoms with Crippen molar-refractivity contribution < 1.29 is 14.3 Å². The molecule has 2 N–H and O–H groups in total. The Kier molecular flexibility index (Phi) is 4.91. The lowest BCUT2D eigenvalue weighted by molar-refractivity contribution is 0.0698. The molecular weight excluding hydrogens is 373 g/mol. The van der Waals surface area contributed by atoms with Gasteiger partial charge in [-0.15, -0.1) is 11.3 Å². The average molecular weight is 389 g/mol. The van der Waals surface area contributed by atoms with Crippen molar-refractivity contribution in [1.29, 1.82) is 0 Å². The molecule has 4 aromatic rings. The topological polar surface area (TPSA) is 49.3 Å². The van der Waals surface area contributed by atoms with Gasteiger partial charge in [-0.25, -0.2) is 9.18 Å². The number of carbonyl (C=O) groups is 1. The number of anilines is 2. The minimum Gasteiger partial charge on any atom is -0.478 e. The van der Waals surface area contributed by atoms with E-state index in [0.29, 0.717) is 11.4 Å². The molecule has 138 valence electrons. The van der Waals surface area contributed by atoms with Crippen molar-refractivity contribution in [3.8, 4) is 0 Å². The standard InChI is InChI=1S/C23H16FNO2S/c24-18-5-7-19(8-6-18)25-21-14-16(3-9-20(21)23(26)27)2-1-15-4-10-22-17(13-15)11-12-28-22/h1-14,25H,(H,26,27). The van der Waals surface area contributed by atoms with E-state index >= 15 is 0 Å². The Hall–Kier alpha value is -3.44. The van der Waals surface area contributed by atoms with Crippen molar-refractivity contribution in [1.82, 2.24) is 0 Å². The van der Waals surface area contributed by atoms with Gasteiger partial charge in [-0.05, 0) is 76.5 Å². The third-order valence-electron chi connectivity index (χ3n) is 4.34. The number of carboxylic acid groups (broad SMARTS) is 1. The number of thiophene rings is 1. The largest absolute Gasteiger partial charge is 0.478 e. The van der Waals surface area contributed by atoms with E-state index < -0.39 is 5.97 Å². The van der Waals surface area contributed by atoms with Crippen LogP contribution in [0.15, 0.2) is 72.1 Å². The van der Waals surface area contributed by atoms with Crippen molar-refractivity contribution in [3.63, 3.8) is 0 Å². The molecule has 0 saturated carbocycles. The van der Waals surface area contributed by atoms with Crippen LogP contribution in [0.1, 0.15) is 21.5 Å². The number of fused-ring (bicyclic) bond motifs is 1. The van der Waals surface area contributed by atoms with Crippen LogP contribution >= 0.6 is 11.3 Å².